The van der Waals surface area contributed by atoms with Crippen LogP contribution in [0.25, 0.3) is 0 Å². The Hall–Kier alpha value is -1.78. The van der Waals surface area contributed by atoms with Crippen LogP contribution in [0, 0.1) is 6.92 Å². The lowest BCUT2D eigenvalue weighted by atomic mass is 10.1. The molecule has 0 saturated heterocycles. The van der Waals surface area contributed by atoms with Crippen LogP contribution in [0.1, 0.15) is 53.2 Å². The van der Waals surface area contributed by atoms with Gasteiger partial charge in [0.2, 0.25) is 0 Å². The number of carbonyl (C=O) groups excluding carboxylic acids is 1. The van der Waals surface area contributed by atoms with Gasteiger partial charge in [-0.1, -0.05) is 6.07 Å². The lowest BCUT2D eigenvalue weighted by Gasteiger charge is -2.29. The Labute approximate surface area is 197 Å². The van der Waals surface area contributed by atoms with Crippen LogP contribution in [0.2, 0.25) is 0 Å². The summed E-state index contributed by atoms with van der Waals surface area (Å²) >= 11 is 0. The van der Waals surface area contributed by atoms with E-state index in [1.807, 2.05) is 47.6 Å². The number of nitrogens with zero attached hydrogens (tertiary/aromatic N) is 2. The summed E-state index contributed by atoms with van der Waals surface area (Å²) in [5.74, 6) is 0.664. The first-order valence-electron chi connectivity index (χ1n) is 10.1. The van der Waals surface area contributed by atoms with Gasteiger partial charge in [-0.2, -0.15) is 0 Å². The van der Waals surface area contributed by atoms with E-state index in [-0.39, 0.29) is 29.5 Å². The summed E-state index contributed by atoms with van der Waals surface area (Å²) in [7, 11) is 1.70. The number of pyridine rings is 1. The van der Waals surface area contributed by atoms with Crippen LogP contribution >= 0.6 is 24.0 Å². The van der Waals surface area contributed by atoms with Crippen LogP contribution in [0.3, 0.4) is 0 Å². The summed E-state index contributed by atoms with van der Waals surface area (Å²) in [6.45, 7) is 13.2. The molecule has 0 saturated carbocycles. The Morgan fingerprint density at radius 3 is 2.37 bits per heavy atom. The highest BCUT2D eigenvalue weighted by molar-refractivity contribution is 14.0. The Morgan fingerprint density at radius 1 is 1.13 bits per heavy atom. The molecule has 172 valence electrons. The van der Waals surface area contributed by atoms with Crippen molar-refractivity contribution < 1.29 is 9.53 Å². The molecule has 8 nitrogen and oxygen atoms in total. The first kappa shape index (κ1) is 28.2. The molecule has 0 bridgehead atoms. The third kappa shape index (κ3) is 11.4. The van der Waals surface area contributed by atoms with Gasteiger partial charge in [0.1, 0.15) is 5.60 Å². The van der Waals surface area contributed by atoms with Gasteiger partial charge in [-0.25, -0.2) is 4.79 Å². The topological polar surface area (TPSA) is 96.8 Å². The number of hydrogen-bond donors (Lipinski definition) is 3. The molecule has 0 aliphatic rings. The molecule has 0 atom stereocenters. The number of halogens is 1. The molecular weight excluding hydrogens is 497 g/mol. The molecule has 30 heavy (non-hydrogen) atoms. The molecule has 0 unspecified atom stereocenters. The average molecular weight is 535 g/mol. The number of ether oxygens (including phenoxy) is 1. The fourth-order valence-corrected chi connectivity index (χ4v) is 2.66. The summed E-state index contributed by atoms with van der Waals surface area (Å²) in [6.07, 6.45) is 1.35. The lowest BCUT2D eigenvalue weighted by Crippen LogP contribution is -2.54. The van der Waals surface area contributed by atoms with E-state index in [0.717, 1.165) is 25.1 Å². The molecule has 0 aliphatic carbocycles. The van der Waals surface area contributed by atoms with E-state index in [0.29, 0.717) is 19.0 Å². The van der Waals surface area contributed by atoms with E-state index in [1.165, 1.54) is 0 Å². The van der Waals surface area contributed by atoms with E-state index < -0.39 is 17.2 Å². The van der Waals surface area contributed by atoms with Gasteiger partial charge in [-0.3, -0.25) is 9.79 Å². The molecule has 1 rings (SSSR count). The molecule has 0 aromatic carbocycles. The molecule has 1 amide bonds. The fraction of sp³-hybridized carbons (Fsp3) is 0.667. The number of rotatable bonds is 8. The van der Waals surface area contributed by atoms with Crippen molar-refractivity contribution in [1.29, 1.82) is 0 Å². The minimum absolute atomic E-state index is 0. The molecule has 1 heterocycles. The molecule has 0 fully saturated rings. The molecular formula is C21H38IN5O3. The van der Waals surface area contributed by atoms with Crippen molar-refractivity contribution >= 4 is 36.0 Å². The smallest absolute Gasteiger partial charge is 0.408 e. The molecule has 9 heteroatoms. The lowest BCUT2D eigenvalue weighted by molar-refractivity contribution is 0.0474. The summed E-state index contributed by atoms with van der Waals surface area (Å²) in [5.41, 5.74) is -0.0292. The van der Waals surface area contributed by atoms with E-state index in [2.05, 4.69) is 20.9 Å². The van der Waals surface area contributed by atoms with Gasteiger partial charge in [0.25, 0.3) is 5.56 Å². The normalized spacial score (nSPS) is 12.0. The van der Waals surface area contributed by atoms with Crippen LogP contribution < -0.4 is 21.5 Å². The maximum absolute atomic E-state index is 12.0. The second kappa shape index (κ2) is 12.8. The quantitative estimate of drug-likeness (QED) is 0.206. The van der Waals surface area contributed by atoms with Gasteiger partial charge in [-0.15, -0.1) is 24.0 Å². The van der Waals surface area contributed by atoms with Crippen LogP contribution in [-0.4, -0.2) is 47.9 Å². The minimum atomic E-state index is -0.533. The molecule has 1 aromatic rings. The minimum Gasteiger partial charge on any atom is -0.444 e. The summed E-state index contributed by atoms with van der Waals surface area (Å²) in [4.78, 5) is 28.0. The van der Waals surface area contributed by atoms with Gasteiger partial charge >= 0.3 is 6.09 Å². The van der Waals surface area contributed by atoms with Gasteiger partial charge in [-0.05, 0) is 60.5 Å². The third-order valence-corrected chi connectivity index (χ3v) is 4.13. The fourth-order valence-electron chi connectivity index (χ4n) is 2.66. The van der Waals surface area contributed by atoms with Crippen molar-refractivity contribution in [1.82, 2.24) is 20.5 Å². The van der Waals surface area contributed by atoms with Crippen molar-refractivity contribution in [2.45, 2.75) is 72.1 Å². The number of guanidine groups is 1. The van der Waals surface area contributed by atoms with Gasteiger partial charge in [0.05, 0.1) is 5.54 Å². The SMILES string of the molecule is CN=C(NCCCCn1c(C)cccc1=O)NCC(C)(C)NC(=O)OC(C)(C)C.I. The summed E-state index contributed by atoms with van der Waals surface area (Å²) < 4.78 is 7.09. The second-order valence-electron chi connectivity index (χ2n) is 8.73. The number of amides is 1. The van der Waals surface area contributed by atoms with E-state index in [4.69, 9.17) is 4.74 Å². The van der Waals surface area contributed by atoms with E-state index in [9.17, 15) is 9.59 Å². The number of hydrogen-bond acceptors (Lipinski definition) is 4. The monoisotopic (exact) mass is 535 g/mol. The molecule has 0 radical (unpaired) electrons. The largest absolute Gasteiger partial charge is 0.444 e. The van der Waals surface area contributed by atoms with E-state index in [1.54, 1.807) is 23.7 Å². The Morgan fingerprint density at radius 2 is 1.80 bits per heavy atom. The Balaban J connectivity index is 0.00000841. The summed E-state index contributed by atoms with van der Waals surface area (Å²) in [6, 6.07) is 5.31. The van der Waals surface area contributed by atoms with Crippen LogP contribution in [0.4, 0.5) is 4.79 Å². The van der Waals surface area contributed by atoms with Crippen molar-refractivity contribution in [3.05, 3.63) is 34.2 Å². The predicted molar refractivity (Wildman–Crippen MR) is 133 cm³/mol. The number of carbonyl (C=O) groups is 1. The predicted octanol–water partition coefficient (Wildman–Crippen LogP) is 3.02. The standard InChI is InChI=1S/C21H37N5O3.HI/c1-16-11-10-12-17(27)26(16)14-9-8-13-23-18(22-7)24-15-21(5,6)25-19(28)29-20(2,3)4;/h10-12H,8-9,13-15H2,1-7H3,(H,25,28)(H2,22,23,24);1H. The van der Waals surface area contributed by atoms with Crippen molar-refractivity contribution in [2.75, 3.05) is 20.1 Å². The zero-order valence-electron chi connectivity index (χ0n) is 19.3. The highest BCUT2D eigenvalue weighted by Crippen LogP contribution is 2.09. The Bertz CT molecular complexity index is 754. The van der Waals surface area contributed by atoms with Crippen molar-refractivity contribution in [2.24, 2.45) is 4.99 Å². The van der Waals surface area contributed by atoms with Crippen LogP contribution in [-0.2, 0) is 11.3 Å². The van der Waals surface area contributed by atoms with Gasteiger partial charge in [0.15, 0.2) is 5.96 Å². The van der Waals surface area contributed by atoms with Crippen molar-refractivity contribution in [3.8, 4) is 0 Å². The molecule has 1 aromatic heterocycles. The number of aryl methyl sites for hydroxylation is 1. The van der Waals surface area contributed by atoms with Crippen LogP contribution in [0.5, 0.6) is 0 Å². The maximum Gasteiger partial charge on any atom is 0.408 e. The molecule has 0 spiro atoms. The van der Waals surface area contributed by atoms with Gasteiger partial charge in [0, 0.05) is 38.4 Å². The van der Waals surface area contributed by atoms with Gasteiger partial charge < -0.3 is 25.3 Å². The average Bonchev–Trinajstić information content (AvgIpc) is 2.57. The first-order chi connectivity index (χ1) is 13.4. The zero-order chi connectivity index (χ0) is 22.1. The Kier molecular flexibility index (Phi) is 12.1. The zero-order valence-corrected chi connectivity index (χ0v) is 21.6. The molecule has 3 N–H and O–H groups in total. The number of unbranched alkanes of at least 4 members (excludes halogenated alkanes) is 1. The second-order valence-corrected chi connectivity index (χ2v) is 8.73. The summed E-state index contributed by atoms with van der Waals surface area (Å²) in [5, 5.41) is 9.33. The number of alkyl carbamates (subject to hydrolysis) is 1. The molecule has 0 aliphatic heterocycles. The number of nitrogens with one attached hydrogen (secondary N) is 3. The highest BCUT2D eigenvalue weighted by atomic mass is 127. The number of aliphatic imine (C=N–C) groups is 1. The maximum atomic E-state index is 12.0. The third-order valence-electron chi connectivity index (χ3n) is 4.13. The first-order valence-corrected chi connectivity index (χ1v) is 10.1. The highest BCUT2D eigenvalue weighted by Gasteiger charge is 2.24. The van der Waals surface area contributed by atoms with Crippen LogP contribution in [0.15, 0.2) is 28.0 Å². The van der Waals surface area contributed by atoms with E-state index >= 15 is 0 Å². The van der Waals surface area contributed by atoms with Crippen molar-refractivity contribution in [3.63, 3.8) is 0 Å². The number of aromatic nitrogens is 1.